The molecule has 0 saturated carbocycles. The fourth-order valence-corrected chi connectivity index (χ4v) is 2.04. The van der Waals surface area contributed by atoms with Gasteiger partial charge in [0, 0.05) is 20.2 Å². The highest BCUT2D eigenvalue weighted by molar-refractivity contribution is 7.99. The molecule has 0 unspecified atom stereocenters. The zero-order valence-electron chi connectivity index (χ0n) is 9.69. The van der Waals surface area contributed by atoms with Crippen molar-refractivity contribution in [2.75, 3.05) is 12.4 Å². The summed E-state index contributed by atoms with van der Waals surface area (Å²) in [6.07, 6.45) is 1.42. The Morgan fingerprint density at radius 2 is 2.28 bits per heavy atom. The summed E-state index contributed by atoms with van der Waals surface area (Å²) in [7, 11) is 3.40. The molecule has 2 heterocycles. The monoisotopic (exact) mass is 266 g/mol. The Morgan fingerprint density at radius 3 is 2.83 bits per heavy atom. The number of nitro groups is 1. The van der Waals surface area contributed by atoms with Crippen LogP contribution in [0.4, 0.5) is 11.5 Å². The van der Waals surface area contributed by atoms with Gasteiger partial charge in [0.15, 0.2) is 5.16 Å². The average molecular weight is 266 g/mol. The molecule has 2 aromatic heterocycles. The molecule has 9 heteroatoms. The summed E-state index contributed by atoms with van der Waals surface area (Å²) >= 11 is 1.22. The molecule has 0 spiro atoms. The molecule has 0 fully saturated rings. The second kappa shape index (κ2) is 5.00. The van der Waals surface area contributed by atoms with Crippen LogP contribution in [0.3, 0.4) is 0 Å². The van der Waals surface area contributed by atoms with Crippen LogP contribution in [0.2, 0.25) is 0 Å². The van der Waals surface area contributed by atoms with Crippen LogP contribution in [0.1, 0.15) is 0 Å². The predicted octanol–water partition coefficient (Wildman–Crippen LogP) is 1.31. The van der Waals surface area contributed by atoms with Crippen molar-refractivity contribution in [3.05, 3.63) is 28.6 Å². The third kappa shape index (κ3) is 2.56. The molecule has 8 nitrogen and oxygen atoms in total. The molecule has 0 radical (unpaired) electrons. The molecule has 0 aliphatic rings. The van der Waals surface area contributed by atoms with Gasteiger partial charge in [0.1, 0.15) is 17.2 Å². The zero-order valence-corrected chi connectivity index (χ0v) is 10.5. The topological polar surface area (TPSA) is 98.8 Å². The first kappa shape index (κ1) is 12.3. The van der Waals surface area contributed by atoms with Gasteiger partial charge >= 0.3 is 0 Å². The first-order valence-electron chi connectivity index (χ1n) is 4.96. The zero-order chi connectivity index (χ0) is 13.1. The quantitative estimate of drug-likeness (QED) is 0.658. The van der Waals surface area contributed by atoms with Gasteiger partial charge in [-0.1, -0.05) is 0 Å². The minimum absolute atomic E-state index is 0.0148. The van der Waals surface area contributed by atoms with Crippen LogP contribution in [0.15, 0.2) is 28.6 Å². The molecule has 0 atom stereocenters. The van der Waals surface area contributed by atoms with E-state index in [-0.39, 0.29) is 5.69 Å². The first-order valence-corrected chi connectivity index (χ1v) is 5.78. The highest BCUT2D eigenvalue weighted by Gasteiger charge is 2.13. The lowest BCUT2D eigenvalue weighted by Gasteiger charge is -2.03. The summed E-state index contributed by atoms with van der Waals surface area (Å²) in [4.78, 5) is 18.6. The predicted molar refractivity (Wildman–Crippen MR) is 65.6 cm³/mol. The van der Waals surface area contributed by atoms with Crippen LogP contribution in [-0.2, 0) is 7.05 Å². The van der Waals surface area contributed by atoms with E-state index >= 15 is 0 Å². The number of rotatable bonds is 4. The second-order valence-electron chi connectivity index (χ2n) is 3.32. The van der Waals surface area contributed by atoms with Crippen molar-refractivity contribution in [3.8, 4) is 0 Å². The molecule has 18 heavy (non-hydrogen) atoms. The Labute approximate surface area is 107 Å². The van der Waals surface area contributed by atoms with E-state index < -0.39 is 4.92 Å². The van der Waals surface area contributed by atoms with E-state index in [1.807, 2.05) is 0 Å². The van der Waals surface area contributed by atoms with Crippen molar-refractivity contribution in [2.45, 2.75) is 10.2 Å². The van der Waals surface area contributed by atoms with Gasteiger partial charge in [-0.2, -0.15) is 5.10 Å². The van der Waals surface area contributed by atoms with Crippen LogP contribution < -0.4 is 5.32 Å². The smallest absolute Gasteiger partial charge is 0.275 e. The molecule has 0 saturated heterocycles. The van der Waals surface area contributed by atoms with Crippen molar-refractivity contribution in [1.29, 1.82) is 0 Å². The van der Waals surface area contributed by atoms with E-state index in [0.717, 1.165) is 0 Å². The fourth-order valence-electron chi connectivity index (χ4n) is 1.25. The molecule has 2 rings (SSSR count). The standard InChI is InChI=1S/C9H10N6O2S/c1-10-7-3-6(15(16)17)4-8(13-7)18-9-11-5-12-14(9)2/h3-5H,1-2H3,(H,10,13). The maximum atomic E-state index is 10.8. The lowest BCUT2D eigenvalue weighted by molar-refractivity contribution is -0.385. The average Bonchev–Trinajstić information content (AvgIpc) is 2.74. The van der Waals surface area contributed by atoms with Gasteiger partial charge in [-0.3, -0.25) is 10.1 Å². The minimum Gasteiger partial charge on any atom is -0.373 e. The number of hydrogen-bond acceptors (Lipinski definition) is 7. The number of nitrogens with zero attached hydrogens (tertiary/aromatic N) is 5. The molecule has 0 amide bonds. The van der Waals surface area contributed by atoms with Gasteiger partial charge in [0.25, 0.3) is 5.69 Å². The molecule has 1 N–H and O–H groups in total. The van der Waals surface area contributed by atoms with E-state index in [2.05, 4.69) is 20.4 Å². The Bertz CT molecular complexity index is 584. The molecule has 94 valence electrons. The number of anilines is 1. The largest absolute Gasteiger partial charge is 0.373 e. The number of aromatic nitrogens is 4. The van der Waals surface area contributed by atoms with Crippen LogP contribution in [0.25, 0.3) is 0 Å². The lowest BCUT2D eigenvalue weighted by Crippen LogP contribution is -1.98. The highest BCUT2D eigenvalue weighted by Crippen LogP contribution is 2.28. The molecule has 0 aliphatic carbocycles. The van der Waals surface area contributed by atoms with Crippen molar-refractivity contribution < 1.29 is 4.92 Å². The normalized spacial score (nSPS) is 10.3. The molecule has 0 aromatic carbocycles. The molecule has 0 aliphatic heterocycles. The third-order valence-corrected chi connectivity index (χ3v) is 3.09. The Hall–Kier alpha value is -2.16. The van der Waals surface area contributed by atoms with E-state index in [0.29, 0.717) is 16.0 Å². The van der Waals surface area contributed by atoms with Crippen molar-refractivity contribution in [1.82, 2.24) is 19.7 Å². The van der Waals surface area contributed by atoms with Crippen molar-refractivity contribution in [3.63, 3.8) is 0 Å². The van der Waals surface area contributed by atoms with Crippen LogP contribution in [0, 0.1) is 10.1 Å². The third-order valence-electron chi connectivity index (χ3n) is 2.12. The van der Waals surface area contributed by atoms with E-state index in [1.165, 1.54) is 30.2 Å². The lowest BCUT2D eigenvalue weighted by atomic mass is 10.4. The Kier molecular flexibility index (Phi) is 3.42. The SMILES string of the molecule is CNc1cc([N+](=O)[O-])cc(Sc2ncnn2C)n1. The summed E-state index contributed by atoms with van der Waals surface area (Å²) in [5, 5.41) is 18.6. The van der Waals surface area contributed by atoms with Crippen LogP contribution in [0.5, 0.6) is 0 Å². The van der Waals surface area contributed by atoms with E-state index in [9.17, 15) is 10.1 Å². The summed E-state index contributed by atoms with van der Waals surface area (Å²) in [6.45, 7) is 0. The molecule has 0 bridgehead atoms. The summed E-state index contributed by atoms with van der Waals surface area (Å²) in [5.74, 6) is 0.439. The molecular weight excluding hydrogens is 256 g/mol. The van der Waals surface area contributed by atoms with Gasteiger partial charge in [-0.15, -0.1) is 0 Å². The Balaban J connectivity index is 2.35. The minimum atomic E-state index is -0.455. The first-order chi connectivity index (χ1) is 8.60. The number of hydrogen-bond donors (Lipinski definition) is 1. The summed E-state index contributed by atoms with van der Waals surface area (Å²) in [5.41, 5.74) is -0.0148. The van der Waals surface area contributed by atoms with E-state index in [4.69, 9.17) is 0 Å². The number of pyridine rings is 1. The van der Waals surface area contributed by atoms with E-state index in [1.54, 1.807) is 18.8 Å². The maximum absolute atomic E-state index is 10.8. The molecule has 2 aromatic rings. The van der Waals surface area contributed by atoms with Gasteiger partial charge in [-0.05, 0) is 11.8 Å². The van der Waals surface area contributed by atoms with Crippen LogP contribution in [-0.4, -0.2) is 31.7 Å². The summed E-state index contributed by atoms with van der Waals surface area (Å²) < 4.78 is 1.57. The van der Waals surface area contributed by atoms with Gasteiger partial charge in [-0.25, -0.2) is 14.6 Å². The highest BCUT2D eigenvalue weighted by atomic mass is 32.2. The molecular formula is C9H10N6O2S. The Morgan fingerprint density at radius 1 is 1.50 bits per heavy atom. The van der Waals surface area contributed by atoms with Gasteiger partial charge in [0.05, 0.1) is 11.0 Å². The van der Waals surface area contributed by atoms with Crippen LogP contribution >= 0.6 is 11.8 Å². The maximum Gasteiger partial charge on any atom is 0.275 e. The summed E-state index contributed by atoms with van der Waals surface area (Å²) in [6, 6.07) is 2.78. The van der Waals surface area contributed by atoms with Gasteiger partial charge < -0.3 is 5.32 Å². The fraction of sp³-hybridized carbons (Fsp3) is 0.222. The van der Waals surface area contributed by atoms with Gasteiger partial charge in [0.2, 0.25) is 0 Å². The van der Waals surface area contributed by atoms with Crippen molar-refractivity contribution >= 4 is 23.3 Å². The number of aryl methyl sites for hydroxylation is 1. The number of nitrogens with one attached hydrogen (secondary N) is 1. The van der Waals surface area contributed by atoms with Crippen molar-refractivity contribution in [2.24, 2.45) is 7.05 Å². The second-order valence-corrected chi connectivity index (χ2v) is 4.31.